The Kier molecular flexibility index (Phi) is 6.82. The van der Waals surface area contributed by atoms with Crippen LogP contribution in [0.2, 0.25) is 5.02 Å². The lowest BCUT2D eigenvalue weighted by molar-refractivity contribution is -0.134. The molecule has 2 atom stereocenters. The van der Waals surface area contributed by atoms with E-state index in [0.29, 0.717) is 22.9 Å². The molecule has 1 fully saturated rings. The minimum atomic E-state index is 0.193. The highest BCUT2D eigenvalue weighted by Crippen LogP contribution is 2.28. The van der Waals surface area contributed by atoms with E-state index in [1.54, 1.807) is 0 Å². The third-order valence-electron chi connectivity index (χ3n) is 5.07. The number of benzene rings is 1. The quantitative estimate of drug-likeness (QED) is 0.641. The van der Waals surface area contributed by atoms with Crippen LogP contribution in [0.25, 0.3) is 11.4 Å². The van der Waals surface area contributed by atoms with Gasteiger partial charge in [-0.2, -0.15) is 0 Å². The van der Waals surface area contributed by atoms with Crippen molar-refractivity contribution in [3.05, 3.63) is 29.3 Å². The molecule has 146 valence electrons. The monoisotopic (exact) mass is 406 g/mol. The first kappa shape index (κ1) is 20.2. The van der Waals surface area contributed by atoms with Gasteiger partial charge in [-0.3, -0.25) is 4.79 Å². The molecule has 2 heterocycles. The predicted molar refractivity (Wildman–Crippen MR) is 111 cm³/mol. The SMILES string of the molecule is CCCn1c(SCC(=O)N2[C@@H](C)CCC[C@@H]2C)nnc1-c1ccc(Cl)cc1. The zero-order chi connectivity index (χ0) is 19.4. The number of halogens is 1. The van der Waals surface area contributed by atoms with Gasteiger partial charge in [0.25, 0.3) is 0 Å². The van der Waals surface area contributed by atoms with E-state index in [1.165, 1.54) is 18.2 Å². The zero-order valence-electron chi connectivity index (χ0n) is 16.2. The van der Waals surface area contributed by atoms with Crippen LogP contribution in [-0.2, 0) is 11.3 Å². The van der Waals surface area contributed by atoms with E-state index in [9.17, 15) is 4.79 Å². The molecule has 27 heavy (non-hydrogen) atoms. The van der Waals surface area contributed by atoms with Crippen LogP contribution in [0.3, 0.4) is 0 Å². The van der Waals surface area contributed by atoms with Crippen LogP contribution in [0.5, 0.6) is 0 Å². The molecule has 0 radical (unpaired) electrons. The van der Waals surface area contributed by atoms with Crippen LogP contribution in [0.15, 0.2) is 29.4 Å². The van der Waals surface area contributed by atoms with Gasteiger partial charge in [0, 0.05) is 29.2 Å². The summed E-state index contributed by atoms with van der Waals surface area (Å²) in [4.78, 5) is 14.9. The maximum Gasteiger partial charge on any atom is 0.233 e. The predicted octanol–water partition coefficient (Wildman–Crippen LogP) is 4.89. The van der Waals surface area contributed by atoms with Crippen molar-refractivity contribution in [2.45, 2.75) is 70.2 Å². The van der Waals surface area contributed by atoms with Crippen LogP contribution in [0.4, 0.5) is 0 Å². The number of likely N-dealkylation sites (tertiary alicyclic amines) is 1. The molecule has 0 N–H and O–H groups in total. The highest BCUT2D eigenvalue weighted by atomic mass is 35.5. The standard InChI is InChI=1S/C20H27ClN4OS/c1-4-12-24-19(16-8-10-17(21)11-9-16)22-23-20(24)27-13-18(26)25-14(2)6-5-7-15(25)3/h8-11,14-15H,4-7,12-13H2,1-3H3/t14-,15-/m0/s1. The second-order valence-electron chi connectivity index (χ2n) is 7.18. The third kappa shape index (κ3) is 4.66. The van der Waals surface area contributed by atoms with Crippen LogP contribution in [0.1, 0.15) is 46.5 Å². The average molecular weight is 407 g/mol. The van der Waals surface area contributed by atoms with Gasteiger partial charge >= 0.3 is 0 Å². The molecule has 1 saturated heterocycles. The minimum absolute atomic E-state index is 0.193. The lowest BCUT2D eigenvalue weighted by atomic mass is 9.98. The van der Waals surface area contributed by atoms with Gasteiger partial charge in [0.2, 0.25) is 5.91 Å². The van der Waals surface area contributed by atoms with Gasteiger partial charge in [-0.15, -0.1) is 10.2 Å². The first-order valence-electron chi connectivity index (χ1n) is 9.64. The number of rotatable bonds is 6. The summed E-state index contributed by atoms with van der Waals surface area (Å²) in [5, 5.41) is 10.2. The maximum absolute atomic E-state index is 12.8. The smallest absolute Gasteiger partial charge is 0.233 e. The van der Waals surface area contributed by atoms with E-state index in [2.05, 4.69) is 40.4 Å². The fraction of sp³-hybridized carbons (Fsp3) is 0.550. The molecule has 5 nitrogen and oxygen atoms in total. The Morgan fingerprint density at radius 1 is 1.19 bits per heavy atom. The largest absolute Gasteiger partial charge is 0.337 e. The van der Waals surface area contributed by atoms with Crippen molar-refractivity contribution in [1.29, 1.82) is 0 Å². The van der Waals surface area contributed by atoms with Gasteiger partial charge in [0.05, 0.1) is 5.75 Å². The number of nitrogens with zero attached hydrogens (tertiary/aromatic N) is 4. The van der Waals surface area contributed by atoms with E-state index >= 15 is 0 Å². The summed E-state index contributed by atoms with van der Waals surface area (Å²) in [5.74, 6) is 1.42. The molecule has 0 spiro atoms. The molecular weight excluding hydrogens is 380 g/mol. The third-order valence-corrected chi connectivity index (χ3v) is 6.28. The molecule has 0 bridgehead atoms. The Morgan fingerprint density at radius 3 is 2.48 bits per heavy atom. The molecule has 0 saturated carbocycles. The molecule has 1 aromatic heterocycles. The fourth-order valence-corrected chi connectivity index (χ4v) is 4.71. The van der Waals surface area contributed by atoms with Gasteiger partial charge < -0.3 is 9.47 Å². The molecular formula is C20H27ClN4OS. The first-order chi connectivity index (χ1) is 13.0. The molecule has 2 aromatic rings. The topological polar surface area (TPSA) is 51.0 Å². The van der Waals surface area contributed by atoms with Crippen molar-refractivity contribution in [2.75, 3.05) is 5.75 Å². The Hall–Kier alpha value is -1.53. The summed E-state index contributed by atoms with van der Waals surface area (Å²) >= 11 is 7.48. The van der Waals surface area contributed by atoms with Crippen molar-refractivity contribution in [2.24, 2.45) is 0 Å². The highest BCUT2D eigenvalue weighted by Gasteiger charge is 2.29. The summed E-state index contributed by atoms with van der Waals surface area (Å²) in [7, 11) is 0. The molecule has 1 aliphatic heterocycles. The Bertz CT molecular complexity index is 767. The molecule has 1 aromatic carbocycles. The number of hydrogen-bond donors (Lipinski definition) is 0. The van der Waals surface area contributed by atoms with Crippen molar-refractivity contribution in [1.82, 2.24) is 19.7 Å². The number of piperidine rings is 1. The molecule has 0 aliphatic carbocycles. The van der Waals surface area contributed by atoms with Crippen LogP contribution in [-0.4, -0.2) is 43.4 Å². The van der Waals surface area contributed by atoms with Gasteiger partial charge in [-0.05, 0) is 63.8 Å². The number of carbonyl (C=O) groups is 1. The second kappa shape index (κ2) is 9.11. The molecule has 0 unspecified atom stereocenters. The number of hydrogen-bond acceptors (Lipinski definition) is 4. The molecule has 7 heteroatoms. The zero-order valence-corrected chi connectivity index (χ0v) is 17.8. The molecule has 1 amide bonds. The Morgan fingerprint density at radius 2 is 1.85 bits per heavy atom. The van der Waals surface area contributed by atoms with Crippen molar-refractivity contribution in [3.8, 4) is 11.4 Å². The van der Waals surface area contributed by atoms with Gasteiger partial charge in [-0.25, -0.2) is 0 Å². The lowest BCUT2D eigenvalue weighted by Gasteiger charge is -2.39. The number of amides is 1. The molecule has 1 aliphatic rings. The van der Waals surface area contributed by atoms with E-state index in [-0.39, 0.29) is 5.91 Å². The molecule has 3 rings (SSSR count). The number of thioether (sulfide) groups is 1. The maximum atomic E-state index is 12.8. The van der Waals surface area contributed by atoms with Gasteiger partial charge in [0.1, 0.15) is 0 Å². The van der Waals surface area contributed by atoms with Crippen molar-refractivity contribution in [3.63, 3.8) is 0 Å². The highest BCUT2D eigenvalue weighted by molar-refractivity contribution is 7.99. The summed E-state index contributed by atoms with van der Waals surface area (Å²) in [6.45, 7) is 7.24. The summed E-state index contributed by atoms with van der Waals surface area (Å²) in [5.41, 5.74) is 0.983. The summed E-state index contributed by atoms with van der Waals surface area (Å²) in [6.07, 6.45) is 4.36. The van der Waals surface area contributed by atoms with E-state index in [4.69, 9.17) is 11.6 Å². The van der Waals surface area contributed by atoms with E-state index in [0.717, 1.165) is 42.4 Å². The van der Waals surface area contributed by atoms with Crippen molar-refractivity contribution >= 4 is 29.3 Å². The van der Waals surface area contributed by atoms with Crippen LogP contribution < -0.4 is 0 Å². The lowest BCUT2D eigenvalue weighted by Crippen LogP contribution is -2.48. The fourth-order valence-electron chi connectivity index (χ4n) is 3.75. The summed E-state index contributed by atoms with van der Waals surface area (Å²) < 4.78 is 2.10. The minimum Gasteiger partial charge on any atom is -0.337 e. The van der Waals surface area contributed by atoms with Gasteiger partial charge in [0.15, 0.2) is 11.0 Å². The normalized spacial score (nSPS) is 20.1. The number of carbonyl (C=O) groups excluding carboxylic acids is 1. The van der Waals surface area contributed by atoms with E-state index in [1.807, 2.05) is 24.3 Å². The second-order valence-corrected chi connectivity index (χ2v) is 8.56. The Labute approximate surface area is 170 Å². The van der Waals surface area contributed by atoms with Crippen LogP contribution in [0, 0.1) is 0 Å². The number of aromatic nitrogens is 3. The summed E-state index contributed by atoms with van der Waals surface area (Å²) in [6, 6.07) is 8.26. The van der Waals surface area contributed by atoms with Crippen molar-refractivity contribution < 1.29 is 4.79 Å². The van der Waals surface area contributed by atoms with Gasteiger partial charge in [-0.1, -0.05) is 30.3 Å². The first-order valence-corrected chi connectivity index (χ1v) is 11.0. The van der Waals surface area contributed by atoms with Crippen LogP contribution >= 0.6 is 23.4 Å². The van der Waals surface area contributed by atoms with E-state index < -0.39 is 0 Å². The Balaban J connectivity index is 1.75. The average Bonchev–Trinajstić information content (AvgIpc) is 3.03.